The van der Waals surface area contributed by atoms with E-state index in [4.69, 9.17) is 4.42 Å². The molecule has 2 aliphatic rings. The Morgan fingerprint density at radius 1 is 1.10 bits per heavy atom. The molecule has 108 valence electrons. The summed E-state index contributed by atoms with van der Waals surface area (Å²) >= 11 is 0. The molecule has 2 atom stereocenters. The highest BCUT2D eigenvalue weighted by atomic mass is 16.4. The number of furan rings is 1. The van der Waals surface area contributed by atoms with Crippen LogP contribution in [0.1, 0.15) is 37.2 Å². The van der Waals surface area contributed by atoms with Crippen molar-refractivity contribution in [3.05, 3.63) is 29.8 Å². The van der Waals surface area contributed by atoms with Crippen LogP contribution in [-0.2, 0) is 7.05 Å². The summed E-state index contributed by atoms with van der Waals surface area (Å²) in [5, 5.41) is 2.71. The minimum atomic E-state index is 0.649. The van der Waals surface area contributed by atoms with E-state index in [1.165, 1.54) is 47.5 Å². The number of likely N-dealkylation sites (N-methyl/N-ethyl adjacent to an activating group) is 1. The maximum absolute atomic E-state index is 6.32. The molecule has 3 aromatic rings. The molecule has 0 spiro atoms. The fourth-order valence-electron chi connectivity index (χ4n) is 4.67. The second-order valence-electron chi connectivity index (χ2n) is 6.65. The molecule has 5 rings (SSSR count). The van der Waals surface area contributed by atoms with Crippen molar-refractivity contribution in [2.75, 3.05) is 11.9 Å². The van der Waals surface area contributed by atoms with E-state index < -0.39 is 0 Å². The summed E-state index contributed by atoms with van der Waals surface area (Å²) in [6.45, 7) is 0. The van der Waals surface area contributed by atoms with E-state index in [0.717, 1.165) is 11.6 Å². The third kappa shape index (κ3) is 1.30. The van der Waals surface area contributed by atoms with Crippen LogP contribution in [0.4, 0.5) is 5.88 Å². The fourth-order valence-corrected chi connectivity index (χ4v) is 4.67. The smallest absolute Gasteiger partial charge is 0.210 e. The van der Waals surface area contributed by atoms with Crippen molar-refractivity contribution in [3.8, 4) is 0 Å². The van der Waals surface area contributed by atoms with E-state index in [0.29, 0.717) is 12.0 Å². The number of nitrogens with zero attached hydrogens (tertiary/aromatic N) is 2. The highest BCUT2D eigenvalue weighted by Crippen LogP contribution is 2.53. The summed E-state index contributed by atoms with van der Waals surface area (Å²) in [7, 11) is 4.32. The summed E-state index contributed by atoms with van der Waals surface area (Å²) < 4.78 is 8.52. The van der Waals surface area contributed by atoms with Gasteiger partial charge < -0.3 is 13.9 Å². The van der Waals surface area contributed by atoms with Crippen molar-refractivity contribution in [2.24, 2.45) is 7.05 Å². The molecule has 0 amide bonds. The number of fused-ring (bicyclic) bond motifs is 7. The van der Waals surface area contributed by atoms with Crippen LogP contribution in [0.3, 0.4) is 0 Å². The molecule has 3 nitrogen and oxygen atoms in total. The molecule has 1 saturated carbocycles. The van der Waals surface area contributed by atoms with Crippen molar-refractivity contribution < 1.29 is 4.42 Å². The lowest BCUT2D eigenvalue weighted by molar-refractivity contribution is 0.392. The third-order valence-corrected chi connectivity index (χ3v) is 5.66. The van der Waals surface area contributed by atoms with E-state index in [1.54, 1.807) is 0 Å². The molecule has 1 aliphatic carbocycles. The highest BCUT2D eigenvalue weighted by molar-refractivity contribution is 6.10. The lowest BCUT2D eigenvalue weighted by Gasteiger charge is -2.30. The maximum atomic E-state index is 6.32. The quantitative estimate of drug-likeness (QED) is 0.608. The van der Waals surface area contributed by atoms with Gasteiger partial charge in [-0.15, -0.1) is 0 Å². The number of hydrogen-bond acceptors (Lipinski definition) is 2. The molecule has 1 aromatic carbocycles. The first-order valence-corrected chi connectivity index (χ1v) is 8.00. The fraction of sp³-hybridized carbons (Fsp3) is 0.444. The lowest BCUT2D eigenvalue weighted by atomic mass is 9.82. The zero-order valence-corrected chi connectivity index (χ0v) is 12.6. The molecule has 0 bridgehead atoms. The molecule has 2 unspecified atom stereocenters. The minimum Gasteiger partial charge on any atom is -0.424 e. The third-order valence-electron chi connectivity index (χ3n) is 5.66. The van der Waals surface area contributed by atoms with Crippen molar-refractivity contribution in [1.29, 1.82) is 0 Å². The Balaban J connectivity index is 1.89. The van der Waals surface area contributed by atoms with Gasteiger partial charge in [0.25, 0.3) is 0 Å². The Hall–Kier alpha value is -1.90. The number of hydrogen-bond donors (Lipinski definition) is 0. The summed E-state index contributed by atoms with van der Waals surface area (Å²) in [6, 6.07) is 9.32. The number of anilines is 1. The molecule has 1 fully saturated rings. The normalized spacial score (nSPS) is 24.8. The first kappa shape index (κ1) is 11.7. The van der Waals surface area contributed by atoms with Gasteiger partial charge in [-0.05, 0) is 18.9 Å². The second kappa shape index (κ2) is 3.85. The zero-order chi connectivity index (χ0) is 14.1. The van der Waals surface area contributed by atoms with Gasteiger partial charge in [-0.25, -0.2) is 0 Å². The first-order valence-electron chi connectivity index (χ1n) is 8.00. The Labute approximate surface area is 124 Å². The van der Waals surface area contributed by atoms with Gasteiger partial charge in [-0.1, -0.05) is 31.0 Å². The van der Waals surface area contributed by atoms with Gasteiger partial charge in [0.1, 0.15) is 0 Å². The first-order chi connectivity index (χ1) is 10.3. The lowest BCUT2D eigenvalue weighted by Crippen LogP contribution is -2.32. The topological polar surface area (TPSA) is 21.3 Å². The molecule has 3 heteroatoms. The Kier molecular flexibility index (Phi) is 2.15. The van der Waals surface area contributed by atoms with Crippen LogP contribution in [0, 0.1) is 0 Å². The maximum Gasteiger partial charge on any atom is 0.210 e. The Morgan fingerprint density at radius 2 is 1.90 bits per heavy atom. The van der Waals surface area contributed by atoms with Crippen LogP contribution in [0.15, 0.2) is 28.7 Å². The number of aryl methyl sites for hydroxylation is 1. The van der Waals surface area contributed by atoms with Gasteiger partial charge in [-0.3, -0.25) is 0 Å². The van der Waals surface area contributed by atoms with Gasteiger partial charge in [0.05, 0.1) is 10.9 Å². The standard InChI is InChI=1S/C18H20N2O/c1-19-13-9-5-3-7-11(13)15-16-12-8-4-6-10-14(12)20(2)18(16)21-17(15)19/h3,5,7,9,12,14H,4,6,8,10H2,1-2H3. The van der Waals surface area contributed by atoms with Gasteiger partial charge >= 0.3 is 0 Å². The van der Waals surface area contributed by atoms with Gasteiger partial charge in [0, 0.05) is 37.0 Å². The number of para-hydroxylation sites is 1. The summed E-state index contributed by atoms with van der Waals surface area (Å²) in [5.41, 5.74) is 3.79. The number of rotatable bonds is 0. The molecule has 0 N–H and O–H groups in total. The SMILES string of the molecule is CN1c2oc3c(c2C2CCCCC21)c1ccccc1n3C. The molecule has 0 radical (unpaired) electrons. The second-order valence-corrected chi connectivity index (χ2v) is 6.65. The highest BCUT2D eigenvalue weighted by Gasteiger charge is 2.43. The molecule has 3 heterocycles. The largest absolute Gasteiger partial charge is 0.424 e. The van der Waals surface area contributed by atoms with E-state index in [1.807, 2.05) is 0 Å². The van der Waals surface area contributed by atoms with Crippen molar-refractivity contribution in [2.45, 2.75) is 37.6 Å². The summed E-state index contributed by atoms with van der Waals surface area (Å²) in [4.78, 5) is 2.40. The van der Waals surface area contributed by atoms with E-state index in [9.17, 15) is 0 Å². The van der Waals surface area contributed by atoms with E-state index >= 15 is 0 Å². The predicted molar refractivity (Wildman–Crippen MR) is 86.1 cm³/mol. The van der Waals surface area contributed by atoms with Crippen LogP contribution in [-0.4, -0.2) is 17.7 Å². The van der Waals surface area contributed by atoms with Crippen LogP contribution >= 0.6 is 0 Å². The monoisotopic (exact) mass is 280 g/mol. The van der Waals surface area contributed by atoms with Gasteiger partial charge in [0.15, 0.2) is 0 Å². The zero-order valence-electron chi connectivity index (χ0n) is 12.6. The average molecular weight is 280 g/mol. The Morgan fingerprint density at radius 3 is 2.81 bits per heavy atom. The molecular weight excluding hydrogens is 260 g/mol. The van der Waals surface area contributed by atoms with Crippen LogP contribution in [0.5, 0.6) is 0 Å². The summed E-state index contributed by atoms with van der Waals surface area (Å²) in [6.07, 6.45) is 5.32. The Bertz CT molecular complexity index is 857. The van der Waals surface area contributed by atoms with E-state index in [-0.39, 0.29) is 0 Å². The summed E-state index contributed by atoms with van der Waals surface area (Å²) in [5.74, 6) is 1.78. The van der Waals surface area contributed by atoms with Crippen molar-refractivity contribution in [3.63, 3.8) is 0 Å². The van der Waals surface area contributed by atoms with Crippen LogP contribution < -0.4 is 4.90 Å². The van der Waals surface area contributed by atoms with Crippen LogP contribution in [0.2, 0.25) is 0 Å². The molecule has 21 heavy (non-hydrogen) atoms. The van der Waals surface area contributed by atoms with Gasteiger partial charge in [-0.2, -0.15) is 0 Å². The number of benzene rings is 1. The average Bonchev–Trinajstić information content (AvgIpc) is 3.12. The van der Waals surface area contributed by atoms with Crippen molar-refractivity contribution in [1.82, 2.24) is 4.57 Å². The van der Waals surface area contributed by atoms with E-state index in [2.05, 4.69) is 47.8 Å². The van der Waals surface area contributed by atoms with Crippen LogP contribution in [0.25, 0.3) is 22.0 Å². The molecule has 2 aromatic heterocycles. The van der Waals surface area contributed by atoms with Gasteiger partial charge in [0.2, 0.25) is 11.6 Å². The predicted octanol–water partition coefficient (Wildman–Crippen LogP) is 4.40. The minimum absolute atomic E-state index is 0.649. The molecular formula is C18H20N2O. The molecule has 0 saturated heterocycles. The molecule has 1 aliphatic heterocycles. The van der Waals surface area contributed by atoms with Crippen molar-refractivity contribution >= 4 is 27.9 Å². The number of aromatic nitrogens is 1.